The van der Waals surface area contributed by atoms with E-state index in [1.54, 1.807) is 0 Å². The first-order valence-corrected chi connectivity index (χ1v) is 8.95. The summed E-state index contributed by atoms with van der Waals surface area (Å²) in [6.07, 6.45) is 11.3. The first-order chi connectivity index (χ1) is 10.3. The number of aryl methyl sites for hydroxylation is 1. The molecule has 0 bridgehead atoms. The molecule has 0 saturated heterocycles. The van der Waals surface area contributed by atoms with Gasteiger partial charge >= 0.3 is 0 Å². The topological polar surface area (TPSA) is 37.8 Å². The fraction of sp³-hybridized carbons (Fsp3) is 0.778. The molecule has 3 rings (SSSR count). The van der Waals surface area contributed by atoms with Crippen molar-refractivity contribution < 1.29 is 0 Å². The smallest absolute Gasteiger partial charge is 0.134 e. The Bertz CT molecular complexity index is 484. The fourth-order valence-electron chi connectivity index (χ4n) is 3.87. The van der Waals surface area contributed by atoms with Crippen LogP contribution in [-0.2, 0) is 12.8 Å². The molecule has 0 spiro atoms. The van der Waals surface area contributed by atoms with Crippen molar-refractivity contribution >= 4 is 5.82 Å². The monoisotopic (exact) mass is 287 g/mol. The second-order valence-corrected chi connectivity index (χ2v) is 6.77. The van der Waals surface area contributed by atoms with Gasteiger partial charge in [-0.2, -0.15) is 0 Å². The van der Waals surface area contributed by atoms with Crippen LogP contribution in [-0.4, -0.2) is 16.5 Å². The zero-order valence-corrected chi connectivity index (χ0v) is 13.6. The Balaban J connectivity index is 1.87. The Morgan fingerprint density at radius 2 is 1.95 bits per heavy atom. The highest BCUT2D eigenvalue weighted by molar-refractivity contribution is 5.48. The molecule has 2 atom stereocenters. The molecule has 1 N–H and O–H groups in total. The van der Waals surface area contributed by atoms with E-state index in [1.165, 1.54) is 49.8 Å². The van der Waals surface area contributed by atoms with E-state index < -0.39 is 0 Å². The van der Waals surface area contributed by atoms with Crippen LogP contribution in [0.5, 0.6) is 0 Å². The van der Waals surface area contributed by atoms with Crippen molar-refractivity contribution in [1.82, 2.24) is 9.97 Å². The van der Waals surface area contributed by atoms with Gasteiger partial charge in [0.25, 0.3) is 0 Å². The number of anilines is 1. The number of hydrogen-bond acceptors (Lipinski definition) is 3. The van der Waals surface area contributed by atoms with Crippen molar-refractivity contribution in [3.05, 3.63) is 17.1 Å². The molecular weight excluding hydrogens is 258 g/mol. The van der Waals surface area contributed by atoms with Crippen LogP contribution >= 0.6 is 0 Å². The SMILES string of the molecule is CCCNc1nc(C2CCC(CC)C2)nc2c1CCCC2. The van der Waals surface area contributed by atoms with Gasteiger partial charge in [0.2, 0.25) is 0 Å². The van der Waals surface area contributed by atoms with Gasteiger partial charge in [-0.3, -0.25) is 0 Å². The average Bonchev–Trinajstić information content (AvgIpc) is 3.01. The Kier molecular flexibility index (Phi) is 4.77. The molecule has 1 aromatic heterocycles. The summed E-state index contributed by atoms with van der Waals surface area (Å²) in [4.78, 5) is 9.93. The molecule has 2 aliphatic rings. The van der Waals surface area contributed by atoms with E-state index in [9.17, 15) is 0 Å². The second kappa shape index (κ2) is 6.76. The maximum Gasteiger partial charge on any atom is 0.134 e. The highest BCUT2D eigenvalue weighted by atomic mass is 15.0. The van der Waals surface area contributed by atoms with Crippen molar-refractivity contribution in [3.63, 3.8) is 0 Å². The lowest BCUT2D eigenvalue weighted by atomic mass is 9.95. The number of nitrogens with one attached hydrogen (secondary N) is 1. The second-order valence-electron chi connectivity index (χ2n) is 6.77. The Hall–Kier alpha value is -1.12. The Morgan fingerprint density at radius 1 is 1.10 bits per heavy atom. The number of aromatic nitrogens is 2. The third kappa shape index (κ3) is 3.22. The zero-order valence-electron chi connectivity index (χ0n) is 13.6. The molecule has 0 radical (unpaired) electrons. The molecule has 0 amide bonds. The van der Waals surface area contributed by atoms with Crippen LogP contribution < -0.4 is 5.32 Å². The van der Waals surface area contributed by atoms with Gasteiger partial charge in [0, 0.05) is 23.7 Å². The summed E-state index contributed by atoms with van der Waals surface area (Å²) in [6, 6.07) is 0. The third-order valence-corrected chi connectivity index (χ3v) is 5.23. The van der Waals surface area contributed by atoms with Crippen molar-refractivity contribution in [1.29, 1.82) is 0 Å². The largest absolute Gasteiger partial charge is 0.370 e. The highest BCUT2D eigenvalue weighted by Gasteiger charge is 2.28. The molecule has 21 heavy (non-hydrogen) atoms. The van der Waals surface area contributed by atoms with Gasteiger partial charge in [0.1, 0.15) is 11.6 Å². The molecule has 1 fully saturated rings. The van der Waals surface area contributed by atoms with E-state index in [0.717, 1.165) is 43.4 Å². The first kappa shape index (κ1) is 14.8. The molecule has 0 aliphatic heterocycles. The van der Waals surface area contributed by atoms with Crippen molar-refractivity contribution in [2.75, 3.05) is 11.9 Å². The minimum atomic E-state index is 0.601. The lowest BCUT2D eigenvalue weighted by Crippen LogP contribution is -2.16. The van der Waals surface area contributed by atoms with E-state index in [1.807, 2.05) is 0 Å². The van der Waals surface area contributed by atoms with E-state index in [2.05, 4.69) is 19.2 Å². The predicted octanol–water partition coefficient (Wildman–Crippen LogP) is 4.47. The van der Waals surface area contributed by atoms with Gasteiger partial charge < -0.3 is 5.32 Å². The van der Waals surface area contributed by atoms with Gasteiger partial charge in [0.05, 0.1) is 0 Å². The zero-order chi connectivity index (χ0) is 14.7. The van der Waals surface area contributed by atoms with Crippen LogP contribution in [0.1, 0.15) is 81.8 Å². The van der Waals surface area contributed by atoms with Crippen LogP contribution in [0.2, 0.25) is 0 Å². The van der Waals surface area contributed by atoms with E-state index in [4.69, 9.17) is 9.97 Å². The summed E-state index contributed by atoms with van der Waals surface area (Å²) in [7, 11) is 0. The summed E-state index contributed by atoms with van der Waals surface area (Å²) < 4.78 is 0. The van der Waals surface area contributed by atoms with Crippen LogP contribution in [0.25, 0.3) is 0 Å². The molecular formula is C18H29N3. The molecule has 3 nitrogen and oxygen atoms in total. The average molecular weight is 287 g/mol. The molecule has 1 heterocycles. The molecule has 2 unspecified atom stereocenters. The maximum absolute atomic E-state index is 4.98. The van der Waals surface area contributed by atoms with Crippen LogP contribution in [0.4, 0.5) is 5.82 Å². The van der Waals surface area contributed by atoms with E-state index in [-0.39, 0.29) is 0 Å². The Labute approximate surface area is 129 Å². The number of hydrogen-bond donors (Lipinski definition) is 1. The highest BCUT2D eigenvalue weighted by Crippen LogP contribution is 2.39. The number of fused-ring (bicyclic) bond motifs is 1. The summed E-state index contributed by atoms with van der Waals surface area (Å²) in [5, 5.41) is 3.56. The van der Waals surface area contributed by atoms with Crippen LogP contribution in [0.15, 0.2) is 0 Å². The predicted molar refractivity (Wildman–Crippen MR) is 87.8 cm³/mol. The standard InChI is InChI=1S/C18H29N3/c1-3-11-19-18-15-7-5-6-8-16(15)20-17(21-18)14-10-9-13(4-2)12-14/h13-14H,3-12H2,1-2H3,(H,19,20,21). The van der Waals surface area contributed by atoms with Gasteiger partial charge in [0.15, 0.2) is 0 Å². The Morgan fingerprint density at radius 3 is 2.71 bits per heavy atom. The maximum atomic E-state index is 4.98. The number of rotatable bonds is 5. The lowest BCUT2D eigenvalue weighted by Gasteiger charge is -2.21. The minimum Gasteiger partial charge on any atom is -0.370 e. The van der Waals surface area contributed by atoms with E-state index in [0.29, 0.717) is 5.92 Å². The fourth-order valence-corrected chi connectivity index (χ4v) is 3.87. The molecule has 2 aliphatic carbocycles. The minimum absolute atomic E-state index is 0.601. The third-order valence-electron chi connectivity index (χ3n) is 5.23. The molecule has 1 aromatic rings. The lowest BCUT2D eigenvalue weighted by molar-refractivity contribution is 0.515. The summed E-state index contributed by atoms with van der Waals surface area (Å²) in [6.45, 7) is 5.55. The normalized spacial score (nSPS) is 24.9. The van der Waals surface area contributed by atoms with Crippen molar-refractivity contribution in [3.8, 4) is 0 Å². The number of nitrogens with zero attached hydrogens (tertiary/aromatic N) is 2. The molecule has 116 valence electrons. The van der Waals surface area contributed by atoms with Crippen LogP contribution in [0.3, 0.4) is 0 Å². The van der Waals surface area contributed by atoms with Gasteiger partial charge in [-0.15, -0.1) is 0 Å². The summed E-state index contributed by atoms with van der Waals surface area (Å²) >= 11 is 0. The molecule has 3 heteroatoms. The van der Waals surface area contributed by atoms with E-state index >= 15 is 0 Å². The van der Waals surface area contributed by atoms with Crippen LogP contribution in [0, 0.1) is 5.92 Å². The summed E-state index contributed by atoms with van der Waals surface area (Å²) in [5.41, 5.74) is 2.74. The van der Waals surface area contributed by atoms with Gasteiger partial charge in [-0.25, -0.2) is 9.97 Å². The molecule has 1 saturated carbocycles. The van der Waals surface area contributed by atoms with Gasteiger partial charge in [-0.1, -0.05) is 20.3 Å². The van der Waals surface area contributed by atoms with Gasteiger partial charge in [-0.05, 0) is 57.3 Å². The summed E-state index contributed by atoms with van der Waals surface area (Å²) in [5.74, 6) is 3.77. The quantitative estimate of drug-likeness (QED) is 0.868. The first-order valence-electron chi connectivity index (χ1n) is 8.95. The molecule has 0 aromatic carbocycles. The van der Waals surface area contributed by atoms with Crippen molar-refractivity contribution in [2.24, 2.45) is 5.92 Å². The van der Waals surface area contributed by atoms with Crippen molar-refractivity contribution in [2.45, 2.75) is 77.6 Å².